The summed E-state index contributed by atoms with van der Waals surface area (Å²) in [6.07, 6.45) is 0. The molecule has 11 aromatic rings. The first-order valence-corrected chi connectivity index (χ1v) is 21.0. The number of furan rings is 1. The second-order valence-corrected chi connectivity index (χ2v) is 16.0. The zero-order valence-corrected chi connectivity index (χ0v) is 33.4. The van der Waals surface area contributed by atoms with E-state index in [2.05, 4.69) is 241 Å². The zero-order valence-electron chi connectivity index (χ0n) is 33.4. The van der Waals surface area contributed by atoms with Gasteiger partial charge in [-0.15, -0.1) is 0 Å². The van der Waals surface area contributed by atoms with Gasteiger partial charge in [0.15, 0.2) is 0 Å². The minimum Gasteiger partial charge on any atom is -0.456 e. The molecule has 0 fully saturated rings. The maximum Gasteiger partial charge on any atom is 0.138 e. The molecule has 0 unspecified atom stereocenters. The van der Waals surface area contributed by atoms with Crippen molar-refractivity contribution in [1.82, 2.24) is 0 Å². The van der Waals surface area contributed by atoms with Crippen LogP contribution in [0.2, 0.25) is 0 Å². The van der Waals surface area contributed by atoms with Gasteiger partial charge in [-0.1, -0.05) is 194 Å². The van der Waals surface area contributed by atoms with Crippen molar-refractivity contribution in [3.05, 3.63) is 259 Å². The number of nitrogens with zero attached hydrogens (tertiary/aromatic N) is 1. The summed E-state index contributed by atoms with van der Waals surface area (Å²) in [5.74, 6) is 0. The van der Waals surface area contributed by atoms with E-state index in [9.17, 15) is 0 Å². The number of rotatable bonds is 7. The SMILES string of the molecule is c1ccc(-c2ccc(N(c3ccc4c(c3)C(c3ccccc3)(c3ccccc3)c3ccccc3-4)c3cc(-c4ccccc4)c4c(c3)oc3ccc5ccccc5c34)cc2)cc1. The van der Waals surface area contributed by atoms with Crippen LogP contribution in [-0.2, 0) is 5.41 Å². The molecule has 286 valence electrons. The van der Waals surface area contributed by atoms with Crippen molar-refractivity contribution < 1.29 is 4.42 Å². The molecule has 10 aromatic carbocycles. The Hall–Kier alpha value is -7.94. The van der Waals surface area contributed by atoms with Crippen LogP contribution in [0.25, 0.3) is 66.1 Å². The smallest absolute Gasteiger partial charge is 0.138 e. The lowest BCUT2D eigenvalue weighted by atomic mass is 9.67. The van der Waals surface area contributed by atoms with Crippen LogP contribution in [0.1, 0.15) is 22.3 Å². The third-order valence-electron chi connectivity index (χ3n) is 12.7. The fourth-order valence-corrected chi connectivity index (χ4v) is 10.1. The molecular formula is C59H39NO. The maximum atomic E-state index is 6.90. The van der Waals surface area contributed by atoms with Crippen LogP contribution >= 0.6 is 0 Å². The average molecular weight is 778 g/mol. The summed E-state index contributed by atoms with van der Waals surface area (Å²) in [7, 11) is 0. The van der Waals surface area contributed by atoms with Gasteiger partial charge in [0.1, 0.15) is 11.2 Å². The number of benzene rings is 10. The lowest BCUT2D eigenvalue weighted by Crippen LogP contribution is -2.28. The second-order valence-electron chi connectivity index (χ2n) is 16.0. The molecule has 1 aliphatic carbocycles. The van der Waals surface area contributed by atoms with Gasteiger partial charge in [-0.05, 0) is 103 Å². The molecular weight excluding hydrogens is 739 g/mol. The third kappa shape index (κ3) is 5.50. The summed E-state index contributed by atoms with van der Waals surface area (Å²) < 4.78 is 6.90. The molecule has 0 spiro atoms. The quantitative estimate of drug-likeness (QED) is 0.160. The molecule has 1 aromatic heterocycles. The lowest BCUT2D eigenvalue weighted by Gasteiger charge is -2.35. The first-order chi connectivity index (χ1) is 30.3. The van der Waals surface area contributed by atoms with Gasteiger partial charge in [0, 0.05) is 28.2 Å². The summed E-state index contributed by atoms with van der Waals surface area (Å²) in [6, 6.07) is 85.9. The van der Waals surface area contributed by atoms with Gasteiger partial charge >= 0.3 is 0 Å². The van der Waals surface area contributed by atoms with Crippen LogP contribution in [0, 0.1) is 0 Å². The molecule has 12 rings (SSSR count). The van der Waals surface area contributed by atoms with Gasteiger partial charge in [-0.3, -0.25) is 0 Å². The van der Waals surface area contributed by atoms with Gasteiger partial charge in [-0.2, -0.15) is 0 Å². The molecule has 1 aliphatic rings. The van der Waals surface area contributed by atoms with Crippen LogP contribution < -0.4 is 4.90 Å². The van der Waals surface area contributed by atoms with E-state index in [1.165, 1.54) is 55.3 Å². The summed E-state index contributed by atoms with van der Waals surface area (Å²) in [4.78, 5) is 2.41. The summed E-state index contributed by atoms with van der Waals surface area (Å²) in [5.41, 5.74) is 16.5. The highest BCUT2D eigenvalue weighted by atomic mass is 16.3. The van der Waals surface area contributed by atoms with E-state index in [0.717, 1.165) is 50.1 Å². The van der Waals surface area contributed by atoms with Crippen LogP contribution in [0.3, 0.4) is 0 Å². The van der Waals surface area contributed by atoms with Crippen LogP contribution in [0.5, 0.6) is 0 Å². The molecule has 0 radical (unpaired) electrons. The zero-order chi connectivity index (χ0) is 40.3. The topological polar surface area (TPSA) is 16.4 Å². The molecule has 0 amide bonds. The fraction of sp³-hybridized carbons (Fsp3) is 0.0169. The molecule has 0 saturated heterocycles. The Bertz CT molecular complexity index is 3350. The second kappa shape index (κ2) is 14.1. The maximum absolute atomic E-state index is 6.90. The predicted molar refractivity (Wildman–Crippen MR) is 254 cm³/mol. The van der Waals surface area contributed by atoms with Crippen molar-refractivity contribution in [2.75, 3.05) is 4.90 Å². The Morgan fingerprint density at radius 3 is 1.62 bits per heavy atom. The fourth-order valence-electron chi connectivity index (χ4n) is 10.1. The van der Waals surface area contributed by atoms with Crippen molar-refractivity contribution in [2.45, 2.75) is 5.41 Å². The highest BCUT2D eigenvalue weighted by Gasteiger charge is 2.46. The van der Waals surface area contributed by atoms with E-state index < -0.39 is 5.41 Å². The number of hydrogen-bond donors (Lipinski definition) is 0. The average Bonchev–Trinajstić information content (AvgIpc) is 3.87. The first-order valence-electron chi connectivity index (χ1n) is 21.0. The Kier molecular flexibility index (Phi) is 8.11. The summed E-state index contributed by atoms with van der Waals surface area (Å²) in [5, 5.41) is 4.65. The van der Waals surface area contributed by atoms with Crippen LogP contribution in [0.4, 0.5) is 17.1 Å². The Balaban J connectivity index is 1.15. The highest BCUT2D eigenvalue weighted by Crippen LogP contribution is 2.57. The van der Waals surface area contributed by atoms with Crippen molar-refractivity contribution in [1.29, 1.82) is 0 Å². The first kappa shape index (κ1) is 35.0. The molecule has 0 bridgehead atoms. The number of hydrogen-bond acceptors (Lipinski definition) is 2. The van der Waals surface area contributed by atoms with Crippen LogP contribution in [-0.4, -0.2) is 0 Å². The standard InChI is InChI=1S/C59H39NO/c1-5-17-40(18-6-1)41-29-32-46(33-30-41)60(48-37-52(42-19-7-2-8-20-42)58-56(39-48)61-55-36-31-43-21-13-14-26-49(43)57(55)58)47-34-35-51-50-27-15-16-28-53(50)59(54(51)38-47,44-22-9-3-10-23-44)45-24-11-4-12-25-45/h1-39H. The van der Waals surface area contributed by atoms with Gasteiger partial charge < -0.3 is 9.32 Å². The van der Waals surface area contributed by atoms with E-state index >= 15 is 0 Å². The van der Waals surface area contributed by atoms with E-state index in [1.807, 2.05) is 0 Å². The van der Waals surface area contributed by atoms with Gasteiger partial charge in [0.05, 0.1) is 11.1 Å². The molecule has 0 aliphatic heterocycles. The van der Waals surface area contributed by atoms with Gasteiger partial charge in [0.25, 0.3) is 0 Å². The van der Waals surface area contributed by atoms with Crippen LogP contribution in [0.15, 0.2) is 241 Å². The summed E-state index contributed by atoms with van der Waals surface area (Å²) >= 11 is 0. The molecule has 61 heavy (non-hydrogen) atoms. The monoisotopic (exact) mass is 777 g/mol. The van der Waals surface area contributed by atoms with Crippen molar-refractivity contribution in [2.24, 2.45) is 0 Å². The van der Waals surface area contributed by atoms with Gasteiger partial charge in [0.2, 0.25) is 0 Å². The minimum absolute atomic E-state index is 0.535. The number of anilines is 3. The van der Waals surface area contributed by atoms with Crippen molar-refractivity contribution in [3.8, 4) is 33.4 Å². The largest absolute Gasteiger partial charge is 0.456 e. The normalized spacial score (nSPS) is 12.7. The molecule has 1 heterocycles. The number of fused-ring (bicyclic) bond motifs is 8. The lowest BCUT2D eigenvalue weighted by molar-refractivity contribution is 0.669. The van der Waals surface area contributed by atoms with E-state index in [1.54, 1.807) is 0 Å². The van der Waals surface area contributed by atoms with E-state index in [0.29, 0.717) is 0 Å². The Labute approximate surface area is 355 Å². The third-order valence-corrected chi connectivity index (χ3v) is 12.7. The van der Waals surface area contributed by atoms with Crippen molar-refractivity contribution in [3.63, 3.8) is 0 Å². The molecule has 0 atom stereocenters. The highest BCUT2D eigenvalue weighted by molar-refractivity contribution is 6.23. The molecule has 2 nitrogen and oxygen atoms in total. The molecule has 0 saturated carbocycles. The van der Waals surface area contributed by atoms with E-state index in [4.69, 9.17) is 4.42 Å². The molecule has 0 N–H and O–H groups in total. The Morgan fingerprint density at radius 1 is 0.328 bits per heavy atom. The van der Waals surface area contributed by atoms with Gasteiger partial charge in [-0.25, -0.2) is 0 Å². The molecule has 2 heteroatoms. The summed E-state index contributed by atoms with van der Waals surface area (Å²) in [6.45, 7) is 0. The van der Waals surface area contributed by atoms with E-state index in [-0.39, 0.29) is 0 Å². The predicted octanol–water partition coefficient (Wildman–Crippen LogP) is 15.9. The van der Waals surface area contributed by atoms with Crippen molar-refractivity contribution >= 4 is 49.8 Å². The minimum atomic E-state index is -0.535. The Morgan fingerprint density at radius 2 is 0.902 bits per heavy atom.